The molecule has 4 nitrogen and oxygen atoms in total. The maximum atomic E-state index is 6.37. The minimum Gasteiger partial charge on any atom is -0.487 e. The molecule has 2 aromatic rings. The third kappa shape index (κ3) is 2.96. The van der Waals surface area contributed by atoms with E-state index >= 15 is 0 Å². The first-order valence-electron chi connectivity index (χ1n) is 10.0. The van der Waals surface area contributed by atoms with Gasteiger partial charge in [0.25, 0.3) is 0 Å². The minimum atomic E-state index is 0.0744. The van der Waals surface area contributed by atoms with Crippen LogP contribution < -0.4 is 15.0 Å². The van der Waals surface area contributed by atoms with Crippen molar-refractivity contribution in [3.8, 4) is 5.75 Å². The molecule has 1 aromatic heterocycles. The average molecular weight is 349 g/mol. The molecule has 0 unspecified atom stereocenters. The van der Waals surface area contributed by atoms with Crippen molar-refractivity contribution in [3.05, 3.63) is 53.7 Å². The highest BCUT2D eigenvalue weighted by Gasteiger charge is 2.45. The van der Waals surface area contributed by atoms with E-state index in [-0.39, 0.29) is 5.60 Å². The Morgan fingerprint density at radius 2 is 1.96 bits per heavy atom. The van der Waals surface area contributed by atoms with E-state index in [4.69, 9.17) is 4.74 Å². The van der Waals surface area contributed by atoms with Crippen LogP contribution in [0.1, 0.15) is 55.7 Å². The molecule has 0 radical (unpaired) electrons. The Labute approximate surface area is 155 Å². The van der Waals surface area contributed by atoms with Crippen LogP contribution in [0.3, 0.4) is 0 Å². The Balaban J connectivity index is 1.32. The van der Waals surface area contributed by atoms with Gasteiger partial charge in [-0.2, -0.15) is 0 Å². The second kappa shape index (κ2) is 6.58. The second-order valence-corrected chi connectivity index (χ2v) is 8.03. The number of ether oxygens (including phenoxy) is 1. The van der Waals surface area contributed by atoms with Gasteiger partial charge in [0.15, 0.2) is 0 Å². The average Bonchev–Trinajstić information content (AvgIpc) is 3.20. The molecule has 3 aliphatic rings. The number of hydrogen-bond acceptors (Lipinski definition) is 4. The topological polar surface area (TPSA) is 37.4 Å². The normalized spacial score (nSPS) is 23.4. The number of aromatic nitrogens is 1. The molecule has 3 heterocycles. The fraction of sp³-hybridized carbons (Fsp3) is 0.500. The zero-order chi connectivity index (χ0) is 17.4. The van der Waals surface area contributed by atoms with Crippen LogP contribution in [0.25, 0.3) is 0 Å². The summed E-state index contributed by atoms with van der Waals surface area (Å²) in [6.07, 6.45) is 9.26. The zero-order valence-corrected chi connectivity index (χ0v) is 15.3. The lowest BCUT2D eigenvalue weighted by molar-refractivity contribution is -0.0371. The van der Waals surface area contributed by atoms with Crippen molar-refractivity contribution in [2.45, 2.75) is 56.7 Å². The van der Waals surface area contributed by atoms with Crippen LogP contribution >= 0.6 is 0 Å². The maximum Gasteiger partial charge on any atom is 0.128 e. The Morgan fingerprint density at radius 3 is 2.77 bits per heavy atom. The van der Waals surface area contributed by atoms with E-state index in [1.807, 2.05) is 6.20 Å². The zero-order valence-electron chi connectivity index (χ0n) is 15.3. The van der Waals surface area contributed by atoms with Gasteiger partial charge in [-0.15, -0.1) is 0 Å². The van der Waals surface area contributed by atoms with Gasteiger partial charge in [-0.25, -0.2) is 4.98 Å². The molecule has 1 spiro atoms. The van der Waals surface area contributed by atoms with E-state index < -0.39 is 0 Å². The number of hydrogen-bond donors (Lipinski definition) is 1. The third-order valence-corrected chi connectivity index (χ3v) is 6.25. The smallest absolute Gasteiger partial charge is 0.128 e. The van der Waals surface area contributed by atoms with Gasteiger partial charge in [-0.05, 0) is 55.9 Å². The Morgan fingerprint density at radius 1 is 1.12 bits per heavy atom. The number of pyridine rings is 1. The number of benzene rings is 1. The van der Waals surface area contributed by atoms with Gasteiger partial charge in [-0.1, -0.05) is 18.2 Å². The van der Waals surface area contributed by atoms with Crippen LogP contribution in [0.4, 0.5) is 5.82 Å². The molecule has 1 aliphatic carbocycles. The van der Waals surface area contributed by atoms with Gasteiger partial charge in [0.1, 0.15) is 17.2 Å². The van der Waals surface area contributed by atoms with Crippen molar-refractivity contribution < 1.29 is 4.74 Å². The third-order valence-electron chi connectivity index (χ3n) is 6.25. The fourth-order valence-corrected chi connectivity index (χ4v) is 4.61. The SMILES string of the molecule is c1ccc2c(c1)OC1(CCC1)C[C@H]2NCc1ccnc(N2CCCC2)c1. The number of para-hydroxylation sites is 1. The second-order valence-electron chi connectivity index (χ2n) is 8.03. The van der Waals surface area contributed by atoms with Gasteiger partial charge in [0.05, 0.1) is 0 Å². The van der Waals surface area contributed by atoms with Crippen LogP contribution in [-0.4, -0.2) is 23.7 Å². The Kier molecular flexibility index (Phi) is 4.08. The van der Waals surface area contributed by atoms with E-state index in [9.17, 15) is 0 Å². The Hall–Kier alpha value is -2.07. The van der Waals surface area contributed by atoms with E-state index in [0.29, 0.717) is 6.04 Å². The molecule has 136 valence electrons. The lowest BCUT2D eigenvalue weighted by Gasteiger charge is -2.48. The van der Waals surface area contributed by atoms with Gasteiger partial charge < -0.3 is 15.0 Å². The maximum absolute atomic E-state index is 6.37. The van der Waals surface area contributed by atoms with Gasteiger partial charge >= 0.3 is 0 Å². The van der Waals surface area contributed by atoms with Crippen LogP contribution in [-0.2, 0) is 6.54 Å². The molecule has 4 heteroatoms. The van der Waals surface area contributed by atoms with E-state index in [1.165, 1.54) is 43.2 Å². The summed E-state index contributed by atoms with van der Waals surface area (Å²) in [6, 6.07) is 13.3. The molecule has 0 amide bonds. The lowest BCUT2D eigenvalue weighted by atomic mass is 9.73. The highest BCUT2D eigenvalue weighted by molar-refractivity contribution is 5.42. The van der Waals surface area contributed by atoms with Crippen LogP contribution in [0, 0.1) is 0 Å². The number of nitrogens with one attached hydrogen (secondary N) is 1. The molecule has 1 saturated heterocycles. The minimum absolute atomic E-state index is 0.0744. The molecule has 1 N–H and O–H groups in total. The first-order chi connectivity index (χ1) is 12.8. The van der Waals surface area contributed by atoms with Crippen molar-refractivity contribution in [2.24, 2.45) is 0 Å². The molecule has 2 aliphatic heterocycles. The van der Waals surface area contributed by atoms with E-state index in [1.54, 1.807) is 0 Å². The quantitative estimate of drug-likeness (QED) is 0.897. The van der Waals surface area contributed by atoms with E-state index in [2.05, 4.69) is 51.6 Å². The molecule has 5 rings (SSSR count). The number of anilines is 1. The molecule has 2 fully saturated rings. The molecule has 1 aromatic carbocycles. The highest BCUT2D eigenvalue weighted by Crippen LogP contribution is 2.48. The summed E-state index contributed by atoms with van der Waals surface area (Å²) < 4.78 is 6.37. The first kappa shape index (κ1) is 16.1. The number of nitrogens with zero attached hydrogens (tertiary/aromatic N) is 2. The molecular formula is C22H27N3O. The van der Waals surface area contributed by atoms with Gasteiger partial charge in [-0.3, -0.25) is 0 Å². The molecule has 26 heavy (non-hydrogen) atoms. The standard InChI is InChI=1S/C22H27N3O/c1-2-7-20-18(6-1)19(15-22(26-20)9-5-10-22)24-16-17-8-11-23-21(14-17)25-12-3-4-13-25/h1-2,6-8,11,14,19,24H,3-5,9-10,12-13,15-16H2/t19-/m1/s1. The molecule has 1 atom stereocenters. The van der Waals surface area contributed by atoms with Crippen molar-refractivity contribution in [1.82, 2.24) is 10.3 Å². The van der Waals surface area contributed by atoms with Gasteiger partial charge in [0, 0.05) is 43.9 Å². The summed E-state index contributed by atoms with van der Waals surface area (Å²) in [7, 11) is 0. The lowest BCUT2D eigenvalue weighted by Crippen LogP contribution is -2.49. The van der Waals surface area contributed by atoms with E-state index in [0.717, 1.165) is 37.6 Å². The summed E-state index contributed by atoms with van der Waals surface area (Å²) in [6.45, 7) is 3.15. The number of rotatable bonds is 4. The predicted octanol–water partition coefficient (Wildman–Crippen LogP) is 4.22. The highest BCUT2D eigenvalue weighted by atomic mass is 16.5. The van der Waals surface area contributed by atoms with Crippen LogP contribution in [0.15, 0.2) is 42.6 Å². The fourth-order valence-electron chi connectivity index (χ4n) is 4.61. The van der Waals surface area contributed by atoms with Crippen molar-refractivity contribution in [2.75, 3.05) is 18.0 Å². The summed E-state index contributed by atoms with van der Waals surface area (Å²) in [5.41, 5.74) is 2.69. The summed E-state index contributed by atoms with van der Waals surface area (Å²) in [4.78, 5) is 6.98. The predicted molar refractivity (Wildman–Crippen MR) is 104 cm³/mol. The molecule has 0 bridgehead atoms. The summed E-state index contributed by atoms with van der Waals surface area (Å²) >= 11 is 0. The van der Waals surface area contributed by atoms with Crippen molar-refractivity contribution >= 4 is 5.82 Å². The summed E-state index contributed by atoms with van der Waals surface area (Å²) in [5.74, 6) is 2.20. The summed E-state index contributed by atoms with van der Waals surface area (Å²) in [5, 5.41) is 3.81. The molecule has 1 saturated carbocycles. The van der Waals surface area contributed by atoms with Crippen molar-refractivity contribution in [3.63, 3.8) is 0 Å². The Bertz CT molecular complexity index is 780. The van der Waals surface area contributed by atoms with Crippen LogP contribution in [0.2, 0.25) is 0 Å². The number of fused-ring (bicyclic) bond motifs is 1. The molecular weight excluding hydrogens is 322 g/mol. The van der Waals surface area contributed by atoms with Gasteiger partial charge in [0.2, 0.25) is 0 Å². The monoisotopic (exact) mass is 349 g/mol. The first-order valence-corrected chi connectivity index (χ1v) is 10.0. The van der Waals surface area contributed by atoms with Crippen LogP contribution in [0.5, 0.6) is 5.75 Å². The largest absolute Gasteiger partial charge is 0.487 e. The van der Waals surface area contributed by atoms with Crippen molar-refractivity contribution in [1.29, 1.82) is 0 Å².